The maximum atomic E-state index is 13.2. The molecular weight excluding hydrogens is 414 g/mol. The average Bonchev–Trinajstić information content (AvgIpc) is 3.22. The van der Waals surface area contributed by atoms with Crippen LogP contribution in [0.4, 0.5) is 5.69 Å². The summed E-state index contributed by atoms with van der Waals surface area (Å²) in [7, 11) is 0. The Morgan fingerprint density at radius 3 is 2.52 bits per heavy atom. The summed E-state index contributed by atoms with van der Waals surface area (Å²) < 4.78 is 20.5. The number of nitro benzene ring substituents is 1. The first-order chi connectivity index (χ1) is 15.1. The third kappa shape index (κ3) is 3.57. The Morgan fingerprint density at radius 1 is 1.00 bits per heavy atom. The smallest absolute Gasteiger partial charge is 0.319 e. The molecule has 5 rings (SSSR count). The number of para-hydroxylation sites is 1. The highest BCUT2D eigenvalue weighted by Crippen LogP contribution is 2.37. The van der Waals surface area contributed by atoms with E-state index in [-0.39, 0.29) is 17.5 Å². The maximum Gasteiger partial charge on any atom is 0.319 e. The van der Waals surface area contributed by atoms with Gasteiger partial charge in [0.15, 0.2) is 0 Å². The molecule has 0 radical (unpaired) electrons. The standard InChI is InChI=1S/C23H17N3O4S/c27-26(28)18-9-11-19(12-10-18)30-31(29)25-14-13-16-5-1-3-7-20(16)23(25)22-15-17-6-2-4-8-21(17)24-22/h1-15,23-24H/t23-,31-/m1/s1. The van der Waals surface area contributed by atoms with Crippen LogP contribution >= 0.6 is 0 Å². The van der Waals surface area contributed by atoms with Crippen LogP contribution in [0.5, 0.6) is 5.75 Å². The van der Waals surface area contributed by atoms with Crippen LogP contribution in [0.1, 0.15) is 22.9 Å². The minimum atomic E-state index is -1.88. The number of aromatic nitrogens is 1. The Kier molecular flexibility index (Phi) is 4.76. The first kappa shape index (κ1) is 19.1. The zero-order chi connectivity index (χ0) is 21.4. The van der Waals surface area contributed by atoms with E-state index < -0.39 is 16.2 Å². The van der Waals surface area contributed by atoms with Gasteiger partial charge in [-0.15, -0.1) is 0 Å². The summed E-state index contributed by atoms with van der Waals surface area (Å²) in [6.45, 7) is 0. The number of benzene rings is 3. The van der Waals surface area contributed by atoms with Crippen LogP contribution in [0.3, 0.4) is 0 Å². The molecule has 4 aromatic rings. The van der Waals surface area contributed by atoms with Gasteiger partial charge in [-0.05, 0) is 46.9 Å². The van der Waals surface area contributed by atoms with Gasteiger partial charge in [0.25, 0.3) is 5.69 Å². The fourth-order valence-electron chi connectivity index (χ4n) is 3.72. The van der Waals surface area contributed by atoms with Crippen molar-refractivity contribution in [1.29, 1.82) is 0 Å². The fourth-order valence-corrected chi connectivity index (χ4v) is 4.64. The maximum absolute atomic E-state index is 13.2. The monoisotopic (exact) mass is 431 g/mol. The van der Waals surface area contributed by atoms with Crippen molar-refractivity contribution in [2.45, 2.75) is 6.04 Å². The molecule has 0 fully saturated rings. The fraction of sp³-hybridized carbons (Fsp3) is 0.0435. The molecule has 31 heavy (non-hydrogen) atoms. The predicted molar refractivity (Wildman–Crippen MR) is 119 cm³/mol. The van der Waals surface area contributed by atoms with Gasteiger partial charge < -0.3 is 9.17 Å². The molecular formula is C23H17N3O4S. The lowest BCUT2D eigenvalue weighted by atomic mass is 9.95. The van der Waals surface area contributed by atoms with Gasteiger partial charge in [0.2, 0.25) is 0 Å². The van der Waals surface area contributed by atoms with E-state index in [1.807, 2.05) is 60.7 Å². The van der Waals surface area contributed by atoms with Crippen molar-refractivity contribution in [3.05, 3.63) is 112 Å². The molecule has 1 aromatic heterocycles. The summed E-state index contributed by atoms with van der Waals surface area (Å²) in [5, 5.41) is 11.9. The van der Waals surface area contributed by atoms with Crippen LogP contribution in [0.15, 0.2) is 85.1 Å². The second kappa shape index (κ2) is 7.73. The number of rotatable bonds is 5. The molecule has 154 valence electrons. The Labute approximate surface area is 180 Å². The van der Waals surface area contributed by atoms with Gasteiger partial charge in [-0.2, -0.15) is 4.21 Å². The van der Waals surface area contributed by atoms with Crippen LogP contribution in [-0.4, -0.2) is 18.4 Å². The lowest BCUT2D eigenvalue weighted by molar-refractivity contribution is -0.384. The van der Waals surface area contributed by atoms with Gasteiger partial charge in [0.1, 0.15) is 11.8 Å². The second-order valence-corrected chi connectivity index (χ2v) is 8.09. The van der Waals surface area contributed by atoms with Gasteiger partial charge in [-0.25, -0.2) is 0 Å². The first-order valence-corrected chi connectivity index (χ1v) is 10.6. The van der Waals surface area contributed by atoms with Gasteiger partial charge in [-0.1, -0.05) is 42.5 Å². The van der Waals surface area contributed by atoms with Crippen LogP contribution < -0.4 is 4.18 Å². The predicted octanol–water partition coefficient (Wildman–Crippen LogP) is 5.11. The van der Waals surface area contributed by atoms with Crippen molar-refractivity contribution in [3.8, 4) is 5.75 Å². The minimum absolute atomic E-state index is 0.0547. The zero-order valence-corrected chi connectivity index (χ0v) is 17.0. The van der Waals surface area contributed by atoms with E-state index in [2.05, 4.69) is 4.98 Å². The van der Waals surface area contributed by atoms with E-state index in [4.69, 9.17) is 4.18 Å². The number of hydrogen-bond donors (Lipinski definition) is 1. The van der Waals surface area contributed by atoms with Crippen LogP contribution in [0.25, 0.3) is 17.0 Å². The van der Waals surface area contributed by atoms with Gasteiger partial charge >= 0.3 is 11.3 Å². The highest BCUT2D eigenvalue weighted by molar-refractivity contribution is 7.78. The molecule has 0 spiro atoms. The van der Waals surface area contributed by atoms with E-state index in [9.17, 15) is 14.3 Å². The summed E-state index contributed by atoms with van der Waals surface area (Å²) in [4.78, 5) is 13.8. The molecule has 0 bridgehead atoms. The van der Waals surface area contributed by atoms with Crippen molar-refractivity contribution >= 4 is 33.9 Å². The highest BCUT2D eigenvalue weighted by atomic mass is 32.2. The van der Waals surface area contributed by atoms with E-state index in [0.29, 0.717) is 0 Å². The van der Waals surface area contributed by atoms with Crippen molar-refractivity contribution in [2.75, 3.05) is 0 Å². The Balaban J connectivity index is 1.51. The quantitative estimate of drug-likeness (QED) is 0.351. The lowest BCUT2D eigenvalue weighted by Crippen LogP contribution is -2.32. The summed E-state index contributed by atoms with van der Waals surface area (Å²) in [6.07, 6.45) is 3.64. The molecule has 0 aliphatic carbocycles. The summed E-state index contributed by atoms with van der Waals surface area (Å²) in [5.41, 5.74) is 3.86. The van der Waals surface area contributed by atoms with E-state index in [1.54, 1.807) is 10.5 Å². The number of non-ortho nitro benzene ring substituents is 1. The molecule has 0 saturated carbocycles. The topological polar surface area (TPSA) is 88.5 Å². The van der Waals surface area contributed by atoms with Crippen LogP contribution in [-0.2, 0) is 11.3 Å². The number of nitro groups is 1. The lowest BCUT2D eigenvalue weighted by Gasteiger charge is -2.32. The number of H-pyrrole nitrogens is 1. The van der Waals surface area contributed by atoms with E-state index in [1.165, 1.54) is 24.3 Å². The van der Waals surface area contributed by atoms with Crippen LogP contribution in [0.2, 0.25) is 0 Å². The minimum Gasteiger partial charge on any atom is -0.385 e. The van der Waals surface area contributed by atoms with Crippen LogP contribution in [0, 0.1) is 10.1 Å². The zero-order valence-electron chi connectivity index (χ0n) is 16.2. The Morgan fingerprint density at radius 2 is 1.74 bits per heavy atom. The number of hydrogen-bond acceptors (Lipinski definition) is 4. The van der Waals surface area contributed by atoms with E-state index >= 15 is 0 Å². The Bertz CT molecular complexity index is 1300. The number of nitrogens with zero attached hydrogens (tertiary/aromatic N) is 2. The van der Waals surface area contributed by atoms with Gasteiger partial charge in [0, 0.05) is 29.5 Å². The SMILES string of the molecule is O=[N+]([O-])c1ccc(O[S@@](=O)N2C=Cc3ccccc3[C@@H]2c2cc3ccccc3[nH]2)cc1. The molecule has 0 unspecified atom stereocenters. The normalized spacial score (nSPS) is 16.1. The molecule has 8 heteroatoms. The summed E-state index contributed by atoms with van der Waals surface area (Å²) in [6, 6.07) is 23.1. The molecule has 0 saturated heterocycles. The first-order valence-electron chi connectivity index (χ1n) is 9.58. The number of fused-ring (bicyclic) bond motifs is 2. The van der Waals surface area contributed by atoms with Crippen molar-refractivity contribution in [2.24, 2.45) is 0 Å². The molecule has 3 aromatic carbocycles. The second-order valence-electron chi connectivity index (χ2n) is 7.07. The molecule has 1 aliphatic rings. The van der Waals surface area contributed by atoms with Crippen molar-refractivity contribution in [3.63, 3.8) is 0 Å². The molecule has 1 N–H and O–H groups in total. The number of aromatic amines is 1. The Hall–Kier alpha value is -3.91. The van der Waals surface area contributed by atoms with Gasteiger partial charge in [-0.3, -0.25) is 14.4 Å². The molecule has 2 heterocycles. The molecule has 1 aliphatic heterocycles. The summed E-state index contributed by atoms with van der Waals surface area (Å²) >= 11 is -1.88. The summed E-state index contributed by atoms with van der Waals surface area (Å²) in [5.74, 6) is 0.284. The average molecular weight is 431 g/mol. The third-order valence-electron chi connectivity index (χ3n) is 5.18. The third-order valence-corrected chi connectivity index (χ3v) is 6.19. The number of nitrogens with one attached hydrogen (secondary N) is 1. The molecule has 7 nitrogen and oxygen atoms in total. The van der Waals surface area contributed by atoms with E-state index in [0.717, 1.165) is 27.7 Å². The van der Waals surface area contributed by atoms with Crippen molar-refractivity contribution in [1.82, 2.24) is 9.29 Å². The van der Waals surface area contributed by atoms with Crippen molar-refractivity contribution < 1.29 is 13.3 Å². The highest BCUT2D eigenvalue weighted by Gasteiger charge is 2.31. The molecule has 0 amide bonds. The van der Waals surface area contributed by atoms with Gasteiger partial charge in [0.05, 0.1) is 4.92 Å². The molecule has 2 atom stereocenters. The largest absolute Gasteiger partial charge is 0.385 e.